The third-order valence-corrected chi connectivity index (χ3v) is 8.29. The van der Waals surface area contributed by atoms with Crippen molar-refractivity contribution in [3.05, 3.63) is 92.8 Å². The molecule has 0 fully saturated rings. The fourth-order valence-corrected chi connectivity index (χ4v) is 5.91. The van der Waals surface area contributed by atoms with Crippen molar-refractivity contribution in [1.82, 2.24) is 5.32 Å². The summed E-state index contributed by atoms with van der Waals surface area (Å²) in [7, 11) is 0. The molecule has 0 saturated heterocycles. The number of aromatic carboxylic acids is 1. The van der Waals surface area contributed by atoms with Crippen LogP contribution in [0.2, 0.25) is 0 Å². The molecule has 2 aromatic rings. The molecule has 0 spiro atoms. The van der Waals surface area contributed by atoms with Crippen LogP contribution in [0.4, 0.5) is 18.9 Å². The lowest BCUT2D eigenvalue weighted by Crippen LogP contribution is -2.34. The number of hydrogen-bond donors (Lipinski definition) is 3. The molecule has 0 aromatic heterocycles. The van der Waals surface area contributed by atoms with E-state index in [1.54, 1.807) is 6.07 Å². The van der Waals surface area contributed by atoms with Crippen molar-refractivity contribution in [3.8, 4) is 0 Å². The van der Waals surface area contributed by atoms with Gasteiger partial charge in [-0.1, -0.05) is 38.8 Å². The predicted octanol–water partition coefficient (Wildman–Crippen LogP) is 5.22. The Morgan fingerprint density at radius 2 is 1.63 bits per heavy atom. The third-order valence-electron chi connectivity index (χ3n) is 8.03. The highest BCUT2D eigenvalue weighted by molar-refractivity contribution is 6.17. The quantitative estimate of drug-likeness (QED) is 0.104. The Morgan fingerprint density at radius 3 is 2.33 bits per heavy atom. The summed E-state index contributed by atoms with van der Waals surface area (Å²) in [4.78, 5) is 25.3. The molecule has 0 unspecified atom stereocenters. The van der Waals surface area contributed by atoms with E-state index in [4.69, 9.17) is 32.2 Å². The van der Waals surface area contributed by atoms with Gasteiger partial charge < -0.3 is 35.8 Å². The number of carboxylic acids is 1. The van der Waals surface area contributed by atoms with E-state index >= 15 is 13.2 Å². The van der Waals surface area contributed by atoms with Crippen molar-refractivity contribution in [3.63, 3.8) is 0 Å². The zero-order valence-corrected chi connectivity index (χ0v) is 26.4. The number of halogens is 4. The number of rotatable bonds is 15. The van der Waals surface area contributed by atoms with E-state index in [0.717, 1.165) is 25.7 Å². The van der Waals surface area contributed by atoms with Gasteiger partial charge in [0.2, 0.25) is 0 Å². The molecule has 4 N–H and O–H groups in total. The van der Waals surface area contributed by atoms with Crippen LogP contribution >= 0.6 is 11.6 Å². The molecule has 1 amide bonds. The maximum Gasteiger partial charge on any atom is 0.257 e. The number of ether oxygens (including phenoxy) is 2. The van der Waals surface area contributed by atoms with Crippen LogP contribution in [0, 0.1) is 22.9 Å². The maximum atomic E-state index is 16.5. The van der Waals surface area contributed by atoms with Crippen molar-refractivity contribution < 1.29 is 37.3 Å². The van der Waals surface area contributed by atoms with Crippen molar-refractivity contribution in [2.75, 3.05) is 44.6 Å². The second kappa shape index (κ2) is 15.1. The highest BCUT2D eigenvalue weighted by Gasteiger charge is 2.41. The maximum absolute atomic E-state index is 16.5. The molecule has 2 aliphatic rings. The van der Waals surface area contributed by atoms with Gasteiger partial charge in [-0.25, -0.2) is 13.2 Å². The molecule has 4 rings (SSSR count). The van der Waals surface area contributed by atoms with Crippen molar-refractivity contribution >= 4 is 40.4 Å². The molecule has 0 heterocycles. The number of carbonyl (C=O) groups excluding carboxylic acids is 2. The fourth-order valence-electron chi connectivity index (χ4n) is 5.72. The summed E-state index contributed by atoms with van der Waals surface area (Å²) >= 11 is 5.65. The molecule has 0 atom stereocenters. The van der Waals surface area contributed by atoms with Crippen molar-refractivity contribution in [2.45, 2.75) is 44.9 Å². The monoisotopic (exact) mass is 658 g/mol. The van der Waals surface area contributed by atoms with E-state index in [0.29, 0.717) is 41.5 Å². The average Bonchev–Trinajstić information content (AvgIpc) is 3.00. The van der Waals surface area contributed by atoms with Crippen LogP contribution < -0.4 is 16.2 Å². The van der Waals surface area contributed by atoms with Crippen LogP contribution in [0.5, 0.6) is 0 Å². The zero-order chi connectivity index (χ0) is 33.6. The van der Waals surface area contributed by atoms with Gasteiger partial charge in [-0.2, -0.15) is 0 Å². The lowest BCUT2D eigenvalue weighted by atomic mass is 9.64. The van der Waals surface area contributed by atoms with Gasteiger partial charge in [-0.05, 0) is 59.4 Å². The Kier molecular flexibility index (Phi) is 11.5. The summed E-state index contributed by atoms with van der Waals surface area (Å²) in [6.07, 6.45) is 8.32. The van der Waals surface area contributed by atoms with Gasteiger partial charge in [-0.3, -0.25) is 4.79 Å². The van der Waals surface area contributed by atoms with Crippen LogP contribution in [0.25, 0.3) is 5.57 Å². The molecule has 0 radical (unpaired) electrons. The number of nitrogens with two attached hydrogens (primary N) is 1. The number of nitrogen functional groups attached to an aromatic ring is 1. The molecule has 2 aromatic carbocycles. The predicted molar refractivity (Wildman–Crippen MR) is 169 cm³/mol. The number of benzene rings is 2. The minimum absolute atomic E-state index is 0.0232. The molecular weight excluding hydrogens is 623 g/mol. The van der Waals surface area contributed by atoms with Gasteiger partial charge in [0.25, 0.3) is 5.91 Å². The largest absolute Gasteiger partial charge is 0.545 e. The topological polar surface area (TPSA) is 138 Å². The highest BCUT2D eigenvalue weighted by Crippen LogP contribution is 2.51. The van der Waals surface area contributed by atoms with Gasteiger partial charge in [0, 0.05) is 46.8 Å². The fraction of sp³-hybridized carbons (Fsp3) is 0.382. The Morgan fingerprint density at radius 1 is 0.957 bits per heavy atom. The molecule has 8 nitrogen and oxygen atoms in total. The second-order valence-corrected chi connectivity index (χ2v) is 11.9. The van der Waals surface area contributed by atoms with E-state index in [1.165, 1.54) is 30.4 Å². The first kappa shape index (κ1) is 34.9. The number of carbonyl (C=O) groups is 2. The third kappa shape index (κ3) is 7.22. The molecule has 246 valence electrons. The van der Waals surface area contributed by atoms with E-state index < -0.39 is 51.4 Å². The standard InChI is InChI=1S/C34H37ClF3N3O5/c1-34(2)23-17-19(39)7-9-21(23)25(22-10-8-20(40)18-24(22)34)26-27(33(43)44)30(37)31(38)28(29(26)36)32(42)41-12-14-46-16-15-45-13-6-4-3-5-11-35/h7-10,17-18,39H,3-6,11-16,40H2,1-2H3,(H,41,42)(H,43,44)/p-1. The summed E-state index contributed by atoms with van der Waals surface area (Å²) in [5.41, 5.74) is 3.75. The van der Waals surface area contributed by atoms with Gasteiger partial charge >= 0.3 is 0 Å². The van der Waals surface area contributed by atoms with Crippen LogP contribution in [0.15, 0.2) is 47.6 Å². The van der Waals surface area contributed by atoms with Crippen LogP contribution in [0.3, 0.4) is 0 Å². The Hall–Kier alpha value is -3.93. The first-order valence-corrected chi connectivity index (χ1v) is 15.5. The first-order chi connectivity index (χ1) is 21.9. The van der Waals surface area contributed by atoms with Crippen LogP contribution in [-0.2, 0) is 14.9 Å². The normalized spacial score (nSPS) is 15.0. The van der Waals surface area contributed by atoms with E-state index in [1.807, 2.05) is 13.8 Å². The number of amides is 1. The van der Waals surface area contributed by atoms with Crippen LogP contribution in [0.1, 0.15) is 76.9 Å². The van der Waals surface area contributed by atoms with Gasteiger partial charge in [-0.15, -0.1) is 11.6 Å². The summed E-state index contributed by atoms with van der Waals surface area (Å²) in [5.74, 6) is -8.31. The Balaban J connectivity index is 1.63. The molecule has 0 aliphatic heterocycles. The number of unbranched alkanes of at least 4 members (excludes halogenated alkanes) is 3. The molecular formula is C34H36ClF3N3O5-. The van der Waals surface area contributed by atoms with Gasteiger partial charge in [0.15, 0.2) is 11.6 Å². The number of anilines is 1. The zero-order valence-electron chi connectivity index (χ0n) is 25.7. The number of nitrogens with one attached hydrogen (secondary N) is 2. The van der Waals surface area contributed by atoms with E-state index in [9.17, 15) is 14.7 Å². The minimum atomic E-state index is -2.17. The number of carboxylic acid groups (broad SMARTS) is 1. The molecule has 0 bridgehead atoms. The minimum Gasteiger partial charge on any atom is -0.545 e. The highest BCUT2D eigenvalue weighted by atomic mass is 35.5. The first-order valence-electron chi connectivity index (χ1n) is 15.0. The number of fused-ring (bicyclic) bond motifs is 2. The summed E-state index contributed by atoms with van der Waals surface area (Å²) in [5, 5.41) is 22.7. The average molecular weight is 659 g/mol. The van der Waals surface area contributed by atoms with Gasteiger partial charge in [0.1, 0.15) is 11.4 Å². The summed E-state index contributed by atoms with van der Waals surface area (Å²) in [6.45, 7) is 4.61. The Bertz CT molecular complexity index is 1630. The van der Waals surface area contributed by atoms with Crippen LogP contribution in [-0.4, -0.2) is 56.4 Å². The lowest BCUT2D eigenvalue weighted by molar-refractivity contribution is -0.255. The number of alkyl halides is 1. The summed E-state index contributed by atoms with van der Waals surface area (Å²) < 4.78 is 58.1. The van der Waals surface area contributed by atoms with E-state index in [2.05, 4.69) is 5.32 Å². The van der Waals surface area contributed by atoms with Gasteiger partial charge in [0.05, 0.1) is 31.5 Å². The SMILES string of the molecule is CC1(C)C2=CC(=N)C=CC2=C(c2c(F)c(C(=O)NCCOCCOCCCCCCCl)c(F)c(F)c2C(=O)[O-])c2ccc(N)cc21. The van der Waals surface area contributed by atoms with Crippen molar-refractivity contribution in [1.29, 1.82) is 5.41 Å². The summed E-state index contributed by atoms with van der Waals surface area (Å²) in [6, 6.07) is 4.66. The molecule has 2 aliphatic carbocycles. The smallest absolute Gasteiger partial charge is 0.257 e. The Labute approximate surface area is 270 Å². The number of allylic oxidation sites excluding steroid dienone is 5. The van der Waals surface area contributed by atoms with Crippen molar-refractivity contribution in [2.24, 2.45) is 0 Å². The molecule has 0 saturated carbocycles. The second-order valence-electron chi connectivity index (χ2n) is 11.5. The molecule has 12 heteroatoms. The molecule has 46 heavy (non-hydrogen) atoms. The van der Waals surface area contributed by atoms with E-state index in [-0.39, 0.29) is 36.6 Å². The lowest BCUT2D eigenvalue weighted by Gasteiger charge is -2.39. The number of hydrogen-bond acceptors (Lipinski definition) is 7.